The van der Waals surface area contributed by atoms with Crippen molar-refractivity contribution < 1.29 is 19.8 Å². The summed E-state index contributed by atoms with van der Waals surface area (Å²) in [5, 5.41) is 19.0. The van der Waals surface area contributed by atoms with E-state index in [2.05, 4.69) is 13.8 Å². The number of carboxylic acid groups (broad SMARTS) is 2. The highest BCUT2D eigenvalue weighted by atomic mass is 16.4. The van der Waals surface area contributed by atoms with Crippen molar-refractivity contribution in [3.63, 3.8) is 0 Å². The fourth-order valence-electron chi connectivity index (χ4n) is 4.08. The third kappa shape index (κ3) is 17.5. The Balaban J connectivity index is 4.01. The van der Waals surface area contributed by atoms with Crippen LogP contribution in [0.2, 0.25) is 0 Å². The molecule has 0 bridgehead atoms. The summed E-state index contributed by atoms with van der Waals surface area (Å²) in [6.45, 7) is 4.42. The van der Waals surface area contributed by atoms with E-state index in [4.69, 9.17) is 0 Å². The van der Waals surface area contributed by atoms with Crippen LogP contribution in [0, 0.1) is 11.8 Å². The zero-order chi connectivity index (χ0) is 21.7. The van der Waals surface area contributed by atoms with Gasteiger partial charge in [-0.05, 0) is 19.3 Å². The van der Waals surface area contributed by atoms with Crippen LogP contribution in [0.3, 0.4) is 0 Å². The number of hydrogen-bond acceptors (Lipinski definition) is 2. The molecule has 4 heteroatoms. The molecule has 0 radical (unpaired) electrons. The summed E-state index contributed by atoms with van der Waals surface area (Å²) in [5.41, 5.74) is 0. The van der Waals surface area contributed by atoms with Gasteiger partial charge >= 0.3 is 11.9 Å². The number of aliphatic carboxylic acids is 2. The van der Waals surface area contributed by atoms with E-state index < -0.39 is 23.8 Å². The Bertz CT molecular complexity index is 394. The Morgan fingerprint density at radius 3 is 1.07 bits per heavy atom. The molecule has 0 aromatic heterocycles. The molecule has 0 aromatic rings. The van der Waals surface area contributed by atoms with Crippen molar-refractivity contribution in [1.29, 1.82) is 0 Å². The van der Waals surface area contributed by atoms with Gasteiger partial charge < -0.3 is 10.2 Å². The first kappa shape index (κ1) is 27.9. The van der Waals surface area contributed by atoms with Crippen LogP contribution in [0.5, 0.6) is 0 Å². The molecule has 0 aliphatic carbocycles. The highest BCUT2D eigenvalue weighted by Crippen LogP contribution is 2.24. The molecule has 0 amide bonds. The van der Waals surface area contributed by atoms with Crippen molar-refractivity contribution in [3.05, 3.63) is 0 Å². The maximum Gasteiger partial charge on any atom is 0.306 e. The van der Waals surface area contributed by atoms with Crippen molar-refractivity contribution >= 4 is 11.9 Å². The summed E-state index contributed by atoms with van der Waals surface area (Å²) in [7, 11) is 0. The molecule has 0 aromatic carbocycles. The fourth-order valence-corrected chi connectivity index (χ4v) is 4.08. The summed E-state index contributed by atoms with van der Waals surface area (Å²) in [4.78, 5) is 23.2. The van der Waals surface area contributed by atoms with E-state index in [1.807, 2.05) is 0 Å². The third-order valence-electron chi connectivity index (χ3n) is 6.08. The Morgan fingerprint density at radius 2 is 0.793 bits per heavy atom. The molecule has 2 atom stereocenters. The third-order valence-corrected chi connectivity index (χ3v) is 6.08. The van der Waals surface area contributed by atoms with E-state index in [0.717, 1.165) is 32.1 Å². The Labute approximate surface area is 179 Å². The van der Waals surface area contributed by atoms with E-state index in [0.29, 0.717) is 12.8 Å². The van der Waals surface area contributed by atoms with Crippen molar-refractivity contribution in [3.8, 4) is 0 Å². The minimum atomic E-state index is -0.825. The van der Waals surface area contributed by atoms with Crippen LogP contribution < -0.4 is 0 Å². The lowest BCUT2D eigenvalue weighted by molar-refractivity contribution is -0.146. The molecular weight excluding hydrogens is 364 g/mol. The predicted octanol–water partition coefficient (Wildman–Crippen LogP) is 7.84. The average Bonchev–Trinajstić information content (AvgIpc) is 2.69. The molecule has 0 saturated carbocycles. The van der Waals surface area contributed by atoms with Gasteiger partial charge in [-0.3, -0.25) is 9.59 Å². The Morgan fingerprint density at radius 1 is 0.517 bits per heavy atom. The molecule has 0 rings (SSSR count). The highest BCUT2D eigenvalue weighted by Gasteiger charge is 2.26. The molecule has 0 spiro atoms. The van der Waals surface area contributed by atoms with Crippen LogP contribution in [0.1, 0.15) is 136 Å². The van der Waals surface area contributed by atoms with Crippen molar-refractivity contribution in [2.75, 3.05) is 0 Å². The van der Waals surface area contributed by atoms with Crippen molar-refractivity contribution in [2.45, 2.75) is 136 Å². The minimum absolute atomic E-state index is 0.289. The summed E-state index contributed by atoms with van der Waals surface area (Å²) in [6, 6.07) is 0. The maximum atomic E-state index is 11.6. The van der Waals surface area contributed by atoms with Gasteiger partial charge in [-0.25, -0.2) is 0 Å². The lowest BCUT2D eigenvalue weighted by Gasteiger charge is -2.18. The number of carbonyl (C=O) groups is 2. The molecule has 2 unspecified atom stereocenters. The van der Waals surface area contributed by atoms with E-state index in [1.54, 1.807) is 0 Å². The Kier molecular flexibility index (Phi) is 19.5. The van der Waals surface area contributed by atoms with Gasteiger partial charge in [0.2, 0.25) is 0 Å². The van der Waals surface area contributed by atoms with E-state index in [1.165, 1.54) is 70.6 Å². The van der Waals surface area contributed by atoms with Crippen LogP contribution in [-0.2, 0) is 9.59 Å². The molecule has 172 valence electrons. The minimum Gasteiger partial charge on any atom is -0.481 e. The van der Waals surface area contributed by atoms with Crippen LogP contribution in [-0.4, -0.2) is 22.2 Å². The van der Waals surface area contributed by atoms with Gasteiger partial charge in [-0.1, -0.05) is 117 Å². The predicted molar refractivity (Wildman–Crippen MR) is 121 cm³/mol. The van der Waals surface area contributed by atoms with E-state index in [9.17, 15) is 19.8 Å². The average molecular weight is 413 g/mol. The molecule has 4 nitrogen and oxygen atoms in total. The zero-order valence-corrected chi connectivity index (χ0v) is 19.3. The molecule has 2 N–H and O–H groups in total. The first-order chi connectivity index (χ1) is 14.0. The SMILES string of the molecule is CCCCCCCCCCCC(CC(CCCCCCCCC)C(=O)O)C(=O)O. The summed E-state index contributed by atoms with van der Waals surface area (Å²) < 4.78 is 0. The maximum absolute atomic E-state index is 11.6. The number of unbranched alkanes of at least 4 members (excludes halogenated alkanes) is 14. The lowest BCUT2D eigenvalue weighted by Crippen LogP contribution is -2.23. The molecule has 0 saturated heterocycles. The highest BCUT2D eigenvalue weighted by molar-refractivity contribution is 5.73. The first-order valence-corrected chi connectivity index (χ1v) is 12.5. The van der Waals surface area contributed by atoms with Gasteiger partial charge in [0.15, 0.2) is 0 Å². The Hall–Kier alpha value is -1.06. The fraction of sp³-hybridized carbons (Fsp3) is 0.920. The standard InChI is InChI=1S/C25H48O4/c1-3-5-7-9-11-12-14-16-18-20-23(25(28)29)21-22(24(26)27)19-17-15-13-10-8-6-4-2/h22-23H,3-21H2,1-2H3,(H,26,27)(H,28,29). The topological polar surface area (TPSA) is 74.6 Å². The van der Waals surface area contributed by atoms with Gasteiger partial charge in [0.05, 0.1) is 11.8 Å². The quantitative estimate of drug-likeness (QED) is 0.178. The lowest BCUT2D eigenvalue weighted by atomic mass is 9.87. The summed E-state index contributed by atoms with van der Waals surface area (Å²) in [5.74, 6) is -2.67. The molecule has 0 heterocycles. The van der Waals surface area contributed by atoms with Crippen LogP contribution in [0.25, 0.3) is 0 Å². The smallest absolute Gasteiger partial charge is 0.306 e. The van der Waals surface area contributed by atoms with Crippen molar-refractivity contribution in [1.82, 2.24) is 0 Å². The second-order valence-corrected chi connectivity index (χ2v) is 8.83. The number of carboxylic acids is 2. The molecular formula is C25H48O4. The summed E-state index contributed by atoms with van der Waals surface area (Å²) in [6.07, 6.45) is 20.5. The van der Waals surface area contributed by atoms with Crippen LogP contribution in [0.4, 0.5) is 0 Å². The van der Waals surface area contributed by atoms with Gasteiger partial charge in [0.1, 0.15) is 0 Å². The van der Waals surface area contributed by atoms with Crippen LogP contribution >= 0.6 is 0 Å². The van der Waals surface area contributed by atoms with Gasteiger partial charge in [0, 0.05) is 0 Å². The molecule has 29 heavy (non-hydrogen) atoms. The van der Waals surface area contributed by atoms with Crippen LogP contribution in [0.15, 0.2) is 0 Å². The number of rotatable bonds is 22. The van der Waals surface area contributed by atoms with Gasteiger partial charge in [-0.2, -0.15) is 0 Å². The second kappa shape index (κ2) is 20.2. The zero-order valence-electron chi connectivity index (χ0n) is 19.3. The molecule has 0 aliphatic rings. The first-order valence-electron chi connectivity index (χ1n) is 12.5. The van der Waals surface area contributed by atoms with Gasteiger partial charge in [0.25, 0.3) is 0 Å². The van der Waals surface area contributed by atoms with E-state index >= 15 is 0 Å². The normalized spacial score (nSPS) is 13.3. The number of hydrogen-bond donors (Lipinski definition) is 2. The van der Waals surface area contributed by atoms with E-state index in [-0.39, 0.29) is 6.42 Å². The molecule has 0 fully saturated rings. The summed E-state index contributed by atoms with van der Waals surface area (Å²) >= 11 is 0. The monoisotopic (exact) mass is 412 g/mol. The van der Waals surface area contributed by atoms with Gasteiger partial charge in [-0.15, -0.1) is 0 Å². The molecule has 0 aliphatic heterocycles. The van der Waals surface area contributed by atoms with Crippen molar-refractivity contribution in [2.24, 2.45) is 11.8 Å². The largest absolute Gasteiger partial charge is 0.481 e. The second-order valence-electron chi connectivity index (χ2n) is 8.83.